The molecule has 1 aromatic rings. The predicted molar refractivity (Wildman–Crippen MR) is 59.5 cm³/mol. The highest BCUT2D eigenvalue weighted by atomic mass is 19.1. The van der Waals surface area contributed by atoms with Gasteiger partial charge in [0.1, 0.15) is 5.82 Å². The van der Waals surface area contributed by atoms with E-state index in [0.717, 1.165) is 0 Å². The van der Waals surface area contributed by atoms with Gasteiger partial charge < -0.3 is 0 Å². The lowest BCUT2D eigenvalue weighted by Crippen LogP contribution is -1.94. The molecular formula is C11H10FN3O. The first kappa shape index (κ1) is 11.9. The van der Waals surface area contributed by atoms with Crippen molar-refractivity contribution in [3.8, 4) is 0 Å². The maximum absolute atomic E-state index is 13.3. The molecule has 0 N–H and O–H groups in total. The Bertz CT molecular complexity index is 476. The van der Waals surface area contributed by atoms with Crippen LogP contribution in [-0.2, 0) is 0 Å². The van der Waals surface area contributed by atoms with E-state index in [2.05, 4.69) is 10.0 Å². The van der Waals surface area contributed by atoms with E-state index in [9.17, 15) is 9.18 Å². The van der Waals surface area contributed by atoms with Gasteiger partial charge in [0.15, 0.2) is 5.78 Å². The molecule has 0 aromatic heterocycles. The van der Waals surface area contributed by atoms with E-state index >= 15 is 0 Å². The van der Waals surface area contributed by atoms with Crippen molar-refractivity contribution in [1.29, 1.82) is 0 Å². The standard InChI is InChI=1S/C11H10FN3O/c1-8(16)9-4-5-11(12)10(7-9)3-2-6-14-15-13/h2-5,7H,6H2,1H3. The van der Waals surface area contributed by atoms with Crippen molar-refractivity contribution < 1.29 is 9.18 Å². The number of hydrogen-bond donors (Lipinski definition) is 0. The topological polar surface area (TPSA) is 65.8 Å². The minimum absolute atomic E-state index is 0.121. The van der Waals surface area contributed by atoms with E-state index in [4.69, 9.17) is 5.53 Å². The zero-order valence-corrected chi connectivity index (χ0v) is 8.72. The van der Waals surface area contributed by atoms with Gasteiger partial charge in [-0.2, -0.15) is 0 Å². The van der Waals surface area contributed by atoms with E-state index in [1.807, 2.05) is 0 Å². The van der Waals surface area contributed by atoms with Crippen LogP contribution >= 0.6 is 0 Å². The Morgan fingerprint density at radius 3 is 3.00 bits per heavy atom. The number of nitrogens with zero attached hydrogens (tertiary/aromatic N) is 3. The fraction of sp³-hybridized carbons (Fsp3) is 0.182. The van der Waals surface area contributed by atoms with Gasteiger partial charge in [-0.1, -0.05) is 17.3 Å². The molecule has 16 heavy (non-hydrogen) atoms. The van der Waals surface area contributed by atoms with Gasteiger partial charge in [-0.15, -0.1) is 0 Å². The van der Waals surface area contributed by atoms with Gasteiger partial charge >= 0.3 is 0 Å². The van der Waals surface area contributed by atoms with Gasteiger partial charge in [-0.05, 0) is 30.7 Å². The van der Waals surface area contributed by atoms with Crippen molar-refractivity contribution in [2.24, 2.45) is 5.11 Å². The van der Waals surface area contributed by atoms with Gasteiger partial charge in [-0.25, -0.2) is 4.39 Å². The molecule has 1 aromatic carbocycles. The summed E-state index contributed by atoms with van der Waals surface area (Å²) in [4.78, 5) is 13.6. The van der Waals surface area contributed by atoms with Gasteiger partial charge in [0.05, 0.1) is 0 Å². The summed E-state index contributed by atoms with van der Waals surface area (Å²) in [6, 6.07) is 4.14. The first-order valence-electron chi connectivity index (χ1n) is 4.63. The van der Waals surface area contributed by atoms with Crippen LogP contribution in [0.4, 0.5) is 4.39 Å². The van der Waals surface area contributed by atoms with Crippen molar-refractivity contribution in [1.82, 2.24) is 0 Å². The summed E-state index contributed by atoms with van der Waals surface area (Å²) in [5, 5.41) is 3.28. The number of ketones is 1. The largest absolute Gasteiger partial charge is 0.295 e. The predicted octanol–water partition coefficient (Wildman–Crippen LogP) is 3.35. The number of carbonyl (C=O) groups is 1. The monoisotopic (exact) mass is 219 g/mol. The van der Waals surface area contributed by atoms with Crippen LogP contribution in [0.1, 0.15) is 22.8 Å². The lowest BCUT2D eigenvalue weighted by atomic mass is 10.1. The van der Waals surface area contributed by atoms with Crippen molar-refractivity contribution in [2.45, 2.75) is 6.92 Å². The molecule has 0 amide bonds. The Morgan fingerprint density at radius 2 is 2.38 bits per heavy atom. The number of Topliss-reactive ketones (excluding diaryl/α,β-unsaturated/α-hetero) is 1. The number of halogens is 1. The molecular weight excluding hydrogens is 209 g/mol. The number of rotatable bonds is 4. The fourth-order valence-corrected chi connectivity index (χ4v) is 1.15. The third-order valence-electron chi connectivity index (χ3n) is 1.95. The highest BCUT2D eigenvalue weighted by molar-refractivity contribution is 5.94. The average Bonchev–Trinajstić information content (AvgIpc) is 2.26. The summed E-state index contributed by atoms with van der Waals surface area (Å²) >= 11 is 0. The van der Waals surface area contributed by atoms with Crippen LogP contribution in [0.2, 0.25) is 0 Å². The molecule has 5 heteroatoms. The lowest BCUT2D eigenvalue weighted by Gasteiger charge is -1.99. The van der Waals surface area contributed by atoms with Crippen LogP contribution in [0.25, 0.3) is 16.5 Å². The molecule has 0 heterocycles. The van der Waals surface area contributed by atoms with E-state index < -0.39 is 5.82 Å². The van der Waals surface area contributed by atoms with Crippen LogP contribution in [0.3, 0.4) is 0 Å². The minimum atomic E-state index is -0.415. The third kappa shape index (κ3) is 3.22. The number of hydrogen-bond acceptors (Lipinski definition) is 2. The van der Waals surface area contributed by atoms with Crippen molar-refractivity contribution >= 4 is 11.9 Å². The summed E-state index contributed by atoms with van der Waals surface area (Å²) in [6.45, 7) is 1.57. The normalized spacial score (nSPS) is 10.1. The van der Waals surface area contributed by atoms with Crippen LogP contribution in [0.5, 0.6) is 0 Å². The minimum Gasteiger partial charge on any atom is -0.295 e. The smallest absolute Gasteiger partial charge is 0.159 e. The van der Waals surface area contributed by atoms with Crippen LogP contribution < -0.4 is 0 Å². The number of azide groups is 1. The van der Waals surface area contributed by atoms with E-state index in [-0.39, 0.29) is 12.3 Å². The molecule has 82 valence electrons. The summed E-state index contributed by atoms with van der Waals surface area (Å²) < 4.78 is 13.3. The van der Waals surface area contributed by atoms with E-state index in [1.165, 1.54) is 37.3 Å². The first-order chi connectivity index (χ1) is 7.65. The summed E-state index contributed by atoms with van der Waals surface area (Å²) in [5.74, 6) is -0.535. The molecule has 1 rings (SSSR count). The van der Waals surface area contributed by atoms with Gasteiger partial charge in [0.2, 0.25) is 0 Å². The molecule has 0 unspecified atom stereocenters. The van der Waals surface area contributed by atoms with Gasteiger partial charge in [-0.3, -0.25) is 4.79 Å². The second-order valence-electron chi connectivity index (χ2n) is 3.11. The highest BCUT2D eigenvalue weighted by Crippen LogP contribution is 2.12. The third-order valence-corrected chi connectivity index (χ3v) is 1.95. The second-order valence-corrected chi connectivity index (χ2v) is 3.11. The number of carbonyl (C=O) groups excluding carboxylic acids is 1. The maximum Gasteiger partial charge on any atom is 0.159 e. The summed E-state index contributed by atoms with van der Waals surface area (Å²) in [6.07, 6.45) is 3.01. The molecule has 4 nitrogen and oxygen atoms in total. The zero-order valence-electron chi connectivity index (χ0n) is 8.72. The molecule has 0 fully saturated rings. The number of benzene rings is 1. The Labute approximate surface area is 92.0 Å². The van der Waals surface area contributed by atoms with Crippen molar-refractivity contribution in [2.75, 3.05) is 6.54 Å². The SMILES string of the molecule is CC(=O)c1ccc(F)c(C=CCN=[N+]=[N-])c1. The highest BCUT2D eigenvalue weighted by Gasteiger charge is 2.03. The molecule has 0 bridgehead atoms. The van der Waals surface area contributed by atoms with Gasteiger partial charge in [0, 0.05) is 22.6 Å². The van der Waals surface area contributed by atoms with Crippen molar-refractivity contribution in [3.63, 3.8) is 0 Å². The quantitative estimate of drug-likeness (QED) is 0.331. The lowest BCUT2D eigenvalue weighted by molar-refractivity contribution is 0.101. The zero-order chi connectivity index (χ0) is 12.0. The maximum atomic E-state index is 13.3. The Hall–Kier alpha value is -2.13. The molecule has 0 spiro atoms. The summed E-state index contributed by atoms with van der Waals surface area (Å²) in [5.41, 5.74) is 8.80. The Morgan fingerprint density at radius 1 is 1.62 bits per heavy atom. The average molecular weight is 219 g/mol. The molecule has 0 aliphatic rings. The summed E-state index contributed by atoms with van der Waals surface area (Å²) in [7, 11) is 0. The first-order valence-corrected chi connectivity index (χ1v) is 4.63. The van der Waals surface area contributed by atoms with Crippen LogP contribution in [0, 0.1) is 5.82 Å². The molecule has 0 aliphatic carbocycles. The van der Waals surface area contributed by atoms with Crippen LogP contribution in [0.15, 0.2) is 29.4 Å². The molecule has 0 aliphatic heterocycles. The molecule has 0 saturated carbocycles. The van der Waals surface area contributed by atoms with E-state index in [1.54, 1.807) is 0 Å². The molecule has 0 saturated heterocycles. The molecule has 0 atom stereocenters. The van der Waals surface area contributed by atoms with Crippen LogP contribution in [-0.4, -0.2) is 12.3 Å². The second kappa shape index (κ2) is 5.68. The Kier molecular flexibility index (Phi) is 4.24. The molecule has 0 radical (unpaired) electrons. The van der Waals surface area contributed by atoms with E-state index in [0.29, 0.717) is 11.1 Å². The fourth-order valence-electron chi connectivity index (χ4n) is 1.15. The van der Waals surface area contributed by atoms with Crippen molar-refractivity contribution in [3.05, 3.63) is 51.7 Å². The van der Waals surface area contributed by atoms with Gasteiger partial charge in [0.25, 0.3) is 0 Å². The Balaban J connectivity index is 2.94.